The lowest BCUT2D eigenvalue weighted by Crippen LogP contribution is -2.13. The van der Waals surface area contributed by atoms with Crippen LogP contribution < -0.4 is 10.1 Å². The average Bonchev–Trinajstić information content (AvgIpc) is 2.63. The van der Waals surface area contributed by atoms with Gasteiger partial charge in [0.15, 0.2) is 0 Å². The van der Waals surface area contributed by atoms with Crippen molar-refractivity contribution in [2.75, 3.05) is 0 Å². The smallest absolute Gasteiger partial charge is 0.131 e. The quantitative estimate of drug-likeness (QED) is 0.663. The van der Waals surface area contributed by atoms with Crippen LogP contribution in [-0.2, 0) is 19.7 Å². The first-order chi connectivity index (χ1) is 12.2. The van der Waals surface area contributed by atoms with Gasteiger partial charge in [-0.25, -0.2) is 4.39 Å². The number of ether oxygens (including phenoxy) is 1. The molecule has 3 nitrogen and oxygen atoms in total. The predicted molar refractivity (Wildman–Crippen MR) is 97.0 cm³/mol. The van der Waals surface area contributed by atoms with Crippen LogP contribution >= 0.6 is 11.6 Å². The predicted octanol–water partition coefficient (Wildman–Crippen LogP) is 4.74. The van der Waals surface area contributed by atoms with E-state index in [2.05, 4.69) is 10.3 Å². The monoisotopic (exact) mass is 356 g/mol. The van der Waals surface area contributed by atoms with Crippen LogP contribution in [0.5, 0.6) is 5.75 Å². The van der Waals surface area contributed by atoms with Gasteiger partial charge in [-0.3, -0.25) is 4.98 Å². The van der Waals surface area contributed by atoms with E-state index in [0.29, 0.717) is 29.4 Å². The Bertz CT molecular complexity index is 807. The van der Waals surface area contributed by atoms with Gasteiger partial charge >= 0.3 is 0 Å². The molecular weight excluding hydrogens is 339 g/mol. The van der Waals surface area contributed by atoms with Crippen molar-refractivity contribution in [2.45, 2.75) is 19.7 Å². The summed E-state index contributed by atoms with van der Waals surface area (Å²) in [5.41, 5.74) is 2.43. The van der Waals surface area contributed by atoms with Gasteiger partial charge in [0, 0.05) is 24.8 Å². The first-order valence-electron chi connectivity index (χ1n) is 7.97. The molecule has 25 heavy (non-hydrogen) atoms. The van der Waals surface area contributed by atoms with E-state index >= 15 is 0 Å². The first kappa shape index (κ1) is 17.4. The molecule has 1 heterocycles. The van der Waals surface area contributed by atoms with Crippen LogP contribution in [0.3, 0.4) is 0 Å². The van der Waals surface area contributed by atoms with Crippen LogP contribution in [-0.4, -0.2) is 4.98 Å². The number of rotatable bonds is 7. The minimum absolute atomic E-state index is 0.0936. The van der Waals surface area contributed by atoms with Crippen LogP contribution in [0, 0.1) is 5.82 Å². The van der Waals surface area contributed by atoms with E-state index in [0.717, 1.165) is 11.3 Å². The lowest BCUT2D eigenvalue weighted by molar-refractivity contribution is 0.299. The SMILES string of the molecule is Fc1cccc(Cl)c1COc1cccc(CNCc2ccccn2)c1. The molecule has 0 aliphatic heterocycles. The zero-order chi connectivity index (χ0) is 17.5. The second kappa shape index (κ2) is 8.60. The van der Waals surface area contributed by atoms with Crippen LogP contribution in [0.1, 0.15) is 16.8 Å². The molecule has 128 valence electrons. The van der Waals surface area contributed by atoms with Crippen molar-refractivity contribution in [2.24, 2.45) is 0 Å². The number of aromatic nitrogens is 1. The van der Waals surface area contributed by atoms with Crippen LogP contribution in [0.2, 0.25) is 5.02 Å². The highest BCUT2D eigenvalue weighted by atomic mass is 35.5. The molecule has 0 fully saturated rings. The van der Waals surface area contributed by atoms with Crippen molar-refractivity contribution >= 4 is 11.6 Å². The Labute approximate surface area is 151 Å². The molecule has 0 spiro atoms. The summed E-state index contributed by atoms with van der Waals surface area (Å²) in [5, 5.41) is 3.71. The van der Waals surface area contributed by atoms with Gasteiger partial charge in [-0.05, 0) is 42.0 Å². The fraction of sp³-hybridized carbons (Fsp3) is 0.150. The molecule has 0 aliphatic rings. The molecule has 0 bridgehead atoms. The lowest BCUT2D eigenvalue weighted by Gasteiger charge is -2.10. The van der Waals surface area contributed by atoms with Crippen molar-refractivity contribution in [1.82, 2.24) is 10.3 Å². The van der Waals surface area contributed by atoms with Crippen LogP contribution in [0.4, 0.5) is 4.39 Å². The van der Waals surface area contributed by atoms with E-state index < -0.39 is 0 Å². The molecule has 5 heteroatoms. The zero-order valence-corrected chi connectivity index (χ0v) is 14.3. The van der Waals surface area contributed by atoms with Crippen molar-refractivity contribution in [3.05, 3.63) is 94.5 Å². The molecule has 2 aromatic carbocycles. The summed E-state index contributed by atoms with van der Waals surface area (Å²) < 4.78 is 19.5. The molecule has 1 aromatic heterocycles. The Balaban J connectivity index is 1.56. The molecule has 0 atom stereocenters. The molecular formula is C20H18ClFN2O. The van der Waals surface area contributed by atoms with Gasteiger partial charge in [-0.15, -0.1) is 0 Å². The van der Waals surface area contributed by atoms with Gasteiger partial charge in [-0.2, -0.15) is 0 Å². The topological polar surface area (TPSA) is 34.1 Å². The summed E-state index contributed by atoms with van der Waals surface area (Å²) >= 11 is 6.02. The summed E-state index contributed by atoms with van der Waals surface area (Å²) in [7, 11) is 0. The molecule has 3 rings (SSSR count). The largest absolute Gasteiger partial charge is 0.489 e. The maximum atomic E-state index is 13.8. The number of nitrogens with zero attached hydrogens (tertiary/aromatic N) is 1. The molecule has 0 unspecified atom stereocenters. The van der Waals surface area contributed by atoms with Gasteiger partial charge in [0.2, 0.25) is 0 Å². The van der Waals surface area contributed by atoms with Gasteiger partial charge < -0.3 is 10.1 Å². The van der Waals surface area contributed by atoms with Crippen LogP contribution in [0.25, 0.3) is 0 Å². The molecule has 0 radical (unpaired) electrons. The Morgan fingerprint density at radius 2 is 1.88 bits per heavy atom. The number of benzene rings is 2. The van der Waals surface area contributed by atoms with Gasteiger partial charge in [-0.1, -0.05) is 35.9 Å². The maximum absolute atomic E-state index is 13.8. The minimum Gasteiger partial charge on any atom is -0.489 e. The van der Waals surface area contributed by atoms with E-state index in [1.807, 2.05) is 42.5 Å². The fourth-order valence-corrected chi connectivity index (χ4v) is 2.63. The standard InChI is InChI=1S/C20H18ClFN2O/c21-19-8-4-9-20(22)18(19)14-25-17-7-3-5-15(11-17)12-23-13-16-6-1-2-10-24-16/h1-11,23H,12-14H2. The summed E-state index contributed by atoms with van der Waals surface area (Å²) in [6, 6.07) is 18.1. The average molecular weight is 357 g/mol. The minimum atomic E-state index is -0.360. The summed E-state index contributed by atoms with van der Waals surface area (Å²) in [6.07, 6.45) is 1.78. The Morgan fingerprint density at radius 3 is 2.68 bits per heavy atom. The van der Waals surface area contributed by atoms with Crippen LogP contribution in [0.15, 0.2) is 66.9 Å². The number of nitrogens with one attached hydrogen (secondary N) is 1. The summed E-state index contributed by atoms with van der Waals surface area (Å²) in [4.78, 5) is 4.27. The second-order valence-electron chi connectivity index (χ2n) is 5.56. The second-order valence-corrected chi connectivity index (χ2v) is 5.97. The highest BCUT2D eigenvalue weighted by molar-refractivity contribution is 6.31. The van der Waals surface area contributed by atoms with E-state index in [4.69, 9.17) is 16.3 Å². The molecule has 0 amide bonds. The number of halogens is 2. The van der Waals surface area contributed by atoms with Crippen molar-refractivity contribution in [1.29, 1.82) is 0 Å². The first-order valence-corrected chi connectivity index (χ1v) is 8.35. The highest BCUT2D eigenvalue weighted by Gasteiger charge is 2.08. The molecule has 0 aliphatic carbocycles. The maximum Gasteiger partial charge on any atom is 0.131 e. The van der Waals surface area contributed by atoms with E-state index in [-0.39, 0.29) is 12.4 Å². The third kappa shape index (κ3) is 5.02. The summed E-state index contributed by atoms with van der Waals surface area (Å²) in [5.74, 6) is 0.317. The Morgan fingerprint density at radius 1 is 1.00 bits per heavy atom. The Kier molecular flexibility index (Phi) is 5.99. The molecule has 1 N–H and O–H groups in total. The zero-order valence-electron chi connectivity index (χ0n) is 13.6. The van der Waals surface area contributed by atoms with Gasteiger partial charge in [0.25, 0.3) is 0 Å². The fourth-order valence-electron chi connectivity index (χ4n) is 2.41. The third-order valence-electron chi connectivity index (χ3n) is 3.70. The Hall–Kier alpha value is -2.43. The molecule has 0 saturated heterocycles. The molecule has 3 aromatic rings. The molecule has 0 saturated carbocycles. The van der Waals surface area contributed by atoms with Gasteiger partial charge in [0.1, 0.15) is 18.2 Å². The normalized spacial score (nSPS) is 10.6. The van der Waals surface area contributed by atoms with Crippen molar-refractivity contribution in [3.63, 3.8) is 0 Å². The van der Waals surface area contributed by atoms with Gasteiger partial charge in [0.05, 0.1) is 10.7 Å². The third-order valence-corrected chi connectivity index (χ3v) is 4.06. The van der Waals surface area contributed by atoms with E-state index in [1.54, 1.807) is 18.3 Å². The van der Waals surface area contributed by atoms with E-state index in [1.165, 1.54) is 6.07 Å². The van der Waals surface area contributed by atoms with E-state index in [9.17, 15) is 4.39 Å². The highest BCUT2D eigenvalue weighted by Crippen LogP contribution is 2.22. The number of pyridine rings is 1. The van der Waals surface area contributed by atoms with Crippen molar-refractivity contribution in [3.8, 4) is 5.75 Å². The van der Waals surface area contributed by atoms with Crippen molar-refractivity contribution < 1.29 is 9.13 Å². The number of hydrogen-bond acceptors (Lipinski definition) is 3. The summed E-state index contributed by atoms with van der Waals surface area (Å²) in [6.45, 7) is 1.47. The lowest BCUT2D eigenvalue weighted by atomic mass is 10.2. The number of hydrogen-bond donors (Lipinski definition) is 1.